The SMILES string of the molecule is CN1CCC[C@H]1COc1nc(N2CCCC(NC3CC3)CC2)c2cc(Cl)c(-c3cccc4sc(N)nc34)c(F)c2n1. The van der Waals surface area contributed by atoms with Crippen LogP contribution in [0.2, 0.25) is 5.02 Å². The summed E-state index contributed by atoms with van der Waals surface area (Å²) in [6.45, 7) is 3.16. The fourth-order valence-corrected chi connectivity index (χ4v) is 7.35. The molecule has 3 N–H and O–H groups in total. The Morgan fingerprint density at radius 3 is 2.68 bits per heavy atom. The van der Waals surface area contributed by atoms with E-state index in [1.807, 2.05) is 18.2 Å². The first-order valence-electron chi connectivity index (χ1n) is 14.6. The van der Waals surface area contributed by atoms with Crippen molar-refractivity contribution in [3.8, 4) is 17.1 Å². The Morgan fingerprint density at radius 1 is 1.05 bits per heavy atom. The number of para-hydroxylation sites is 1. The molecule has 4 aromatic rings. The van der Waals surface area contributed by atoms with Crippen molar-refractivity contribution >= 4 is 55.0 Å². The van der Waals surface area contributed by atoms with E-state index in [0.29, 0.717) is 57.2 Å². The summed E-state index contributed by atoms with van der Waals surface area (Å²) in [5, 5.41) is 5.11. The highest BCUT2D eigenvalue weighted by atomic mass is 35.5. The topological polar surface area (TPSA) is 92.4 Å². The standard InChI is InChI=1S/C30H35ClFN7OS/c1-38-12-4-6-19(38)16-40-30-36-27-21(28(37-30)39-13-3-5-17(11-14-39)34-18-9-10-18)15-22(31)24(25(27)32)20-7-2-8-23-26(20)35-29(33)41-23/h2,7-8,15,17-19,34H,3-6,9-14,16H2,1H3,(H2,33,35)/t17?,19-/m0/s1. The molecule has 4 heterocycles. The van der Waals surface area contributed by atoms with Crippen LogP contribution in [0, 0.1) is 5.82 Å². The number of halogens is 2. The molecule has 0 radical (unpaired) electrons. The third-order valence-electron chi connectivity index (χ3n) is 8.70. The quantitative estimate of drug-likeness (QED) is 0.274. The third-order valence-corrected chi connectivity index (χ3v) is 9.85. The van der Waals surface area contributed by atoms with Gasteiger partial charge in [0.15, 0.2) is 10.9 Å². The van der Waals surface area contributed by atoms with Gasteiger partial charge in [0.1, 0.15) is 17.9 Å². The molecule has 0 bridgehead atoms. The Bertz CT molecular complexity index is 1590. The molecule has 1 aliphatic carbocycles. The molecule has 0 amide bonds. The minimum Gasteiger partial charge on any atom is -0.462 e. The van der Waals surface area contributed by atoms with Crippen LogP contribution in [-0.2, 0) is 0 Å². The number of nitrogens with zero attached hydrogens (tertiary/aromatic N) is 5. The summed E-state index contributed by atoms with van der Waals surface area (Å²) in [6.07, 6.45) is 7.90. The third kappa shape index (κ3) is 5.43. The molecule has 8 nitrogen and oxygen atoms in total. The number of fused-ring (bicyclic) bond motifs is 2. The summed E-state index contributed by atoms with van der Waals surface area (Å²) in [6, 6.07) is 9.09. The first-order valence-corrected chi connectivity index (χ1v) is 15.8. The van der Waals surface area contributed by atoms with Gasteiger partial charge < -0.3 is 25.6 Å². The number of benzene rings is 2. The molecule has 2 atom stereocenters. The Balaban J connectivity index is 1.31. The second-order valence-corrected chi connectivity index (χ2v) is 13.1. The van der Waals surface area contributed by atoms with Gasteiger partial charge in [-0.05, 0) is 70.7 Å². The Morgan fingerprint density at radius 2 is 1.88 bits per heavy atom. The van der Waals surface area contributed by atoms with Crippen molar-refractivity contribution in [3.05, 3.63) is 35.1 Å². The van der Waals surface area contributed by atoms with Gasteiger partial charge in [-0.25, -0.2) is 9.37 Å². The van der Waals surface area contributed by atoms with E-state index in [0.717, 1.165) is 56.4 Å². The summed E-state index contributed by atoms with van der Waals surface area (Å²) in [5.74, 6) is 0.182. The van der Waals surface area contributed by atoms with Crippen LogP contribution >= 0.6 is 22.9 Å². The van der Waals surface area contributed by atoms with Crippen LogP contribution in [0.3, 0.4) is 0 Å². The van der Waals surface area contributed by atoms with Gasteiger partial charge in [0.05, 0.1) is 15.2 Å². The van der Waals surface area contributed by atoms with Gasteiger partial charge in [0.2, 0.25) is 0 Å². The zero-order valence-electron chi connectivity index (χ0n) is 23.2. The van der Waals surface area contributed by atoms with Gasteiger partial charge in [-0.2, -0.15) is 9.97 Å². The number of likely N-dealkylation sites (tertiary alicyclic amines) is 1. The number of nitrogens with one attached hydrogen (secondary N) is 1. The van der Waals surface area contributed by atoms with E-state index in [1.165, 1.54) is 24.2 Å². The van der Waals surface area contributed by atoms with Crippen molar-refractivity contribution in [3.63, 3.8) is 0 Å². The van der Waals surface area contributed by atoms with Crippen LogP contribution in [-0.4, -0.2) is 71.3 Å². The minimum absolute atomic E-state index is 0.202. The average Bonchev–Trinajstić information content (AvgIpc) is 3.62. The normalized spacial score (nSPS) is 22.1. The summed E-state index contributed by atoms with van der Waals surface area (Å²) in [7, 11) is 2.11. The number of hydrogen-bond donors (Lipinski definition) is 2. The van der Waals surface area contributed by atoms with Crippen molar-refractivity contribution < 1.29 is 9.13 Å². The van der Waals surface area contributed by atoms with Crippen LogP contribution in [0.5, 0.6) is 6.01 Å². The molecule has 7 rings (SSSR count). The molecular weight excluding hydrogens is 561 g/mol. The lowest BCUT2D eigenvalue weighted by Crippen LogP contribution is -2.33. The summed E-state index contributed by atoms with van der Waals surface area (Å²) in [5.41, 5.74) is 7.71. The molecule has 216 valence electrons. The van der Waals surface area contributed by atoms with Crippen LogP contribution < -0.4 is 20.7 Å². The Kier molecular flexibility index (Phi) is 7.35. The smallest absolute Gasteiger partial charge is 0.319 e. The van der Waals surface area contributed by atoms with E-state index in [2.05, 4.69) is 32.1 Å². The van der Waals surface area contributed by atoms with Gasteiger partial charge in [0.25, 0.3) is 0 Å². The molecule has 1 unspecified atom stereocenters. The van der Waals surface area contributed by atoms with Gasteiger partial charge >= 0.3 is 6.01 Å². The lowest BCUT2D eigenvalue weighted by atomic mass is 10.0. The summed E-state index contributed by atoms with van der Waals surface area (Å²) in [4.78, 5) is 18.6. The minimum atomic E-state index is -0.499. The van der Waals surface area contributed by atoms with E-state index >= 15 is 4.39 Å². The van der Waals surface area contributed by atoms with Crippen LogP contribution in [0.1, 0.15) is 44.9 Å². The Labute approximate surface area is 248 Å². The second-order valence-electron chi connectivity index (χ2n) is 11.6. The van der Waals surface area contributed by atoms with Gasteiger partial charge in [-0.1, -0.05) is 35.1 Å². The molecule has 2 aliphatic heterocycles. The molecule has 1 saturated carbocycles. The van der Waals surface area contributed by atoms with Crippen molar-refractivity contribution in [2.45, 2.75) is 63.1 Å². The zero-order valence-corrected chi connectivity index (χ0v) is 24.8. The highest BCUT2D eigenvalue weighted by Crippen LogP contribution is 2.42. The number of hydrogen-bond acceptors (Lipinski definition) is 9. The van der Waals surface area contributed by atoms with E-state index in [-0.39, 0.29) is 17.1 Å². The molecule has 2 saturated heterocycles. The molecule has 11 heteroatoms. The van der Waals surface area contributed by atoms with Gasteiger partial charge in [0, 0.05) is 47.7 Å². The maximum Gasteiger partial charge on any atom is 0.319 e. The monoisotopic (exact) mass is 595 g/mol. The predicted octanol–water partition coefficient (Wildman–Crippen LogP) is 5.87. The lowest BCUT2D eigenvalue weighted by Gasteiger charge is -2.25. The van der Waals surface area contributed by atoms with Gasteiger partial charge in [-0.15, -0.1) is 0 Å². The predicted molar refractivity (Wildman–Crippen MR) is 165 cm³/mol. The van der Waals surface area contributed by atoms with E-state index in [4.69, 9.17) is 27.1 Å². The molecule has 0 spiro atoms. The van der Waals surface area contributed by atoms with Crippen LogP contribution in [0.15, 0.2) is 24.3 Å². The van der Waals surface area contributed by atoms with E-state index in [9.17, 15) is 0 Å². The number of nitrogen functional groups attached to an aromatic ring is 1. The maximum absolute atomic E-state index is 16.7. The fraction of sp³-hybridized carbons (Fsp3) is 0.500. The molecular formula is C30H35ClFN7OS. The number of rotatable bonds is 7. The number of nitrogens with two attached hydrogens (primary N) is 1. The molecule has 2 aromatic heterocycles. The molecule has 41 heavy (non-hydrogen) atoms. The number of aromatic nitrogens is 3. The fourth-order valence-electron chi connectivity index (χ4n) is 6.30. The van der Waals surface area contributed by atoms with Crippen molar-refractivity contribution in [2.24, 2.45) is 0 Å². The highest BCUT2D eigenvalue weighted by molar-refractivity contribution is 7.22. The first kappa shape index (κ1) is 27.1. The lowest BCUT2D eigenvalue weighted by molar-refractivity contribution is 0.188. The molecule has 3 fully saturated rings. The van der Waals surface area contributed by atoms with Crippen molar-refractivity contribution in [1.82, 2.24) is 25.2 Å². The summed E-state index contributed by atoms with van der Waals surface area (Å²) < 4.78 is 23.7. The van der Waals surface area contributed by atoms with Crippen molar-refractivity contribution in [2.75, 3.05) is 43.9 Å². The zero-order chi connectivity index (χ0) is 28.1. The number of likely N-dealkylation sites (N-methyl/N-ethyl adjacent to an activating group) is 1. The average molecular weight is 596 g/mol. The van der Waals surface area contributed by atoms with Crippen molar-refractivity contribution in [1.29, 1.82) is 0 Å². The van der Waals surface area contributed by atoms with Crippen LogP contribution in [0.25, 0.3) is 32.2 Å². The Hall–Kier alpha value is -2.79. The van der Waals surface area contributed by atoms with E-state index < -0.39 is 5.82 Å². The number of thiazole rings is 1. The number of anilines is 2. The number of ether oxygens (including phenoxy) is 1. The van der Waals surface area contributed by atoms with Gasteiger partial charge in [-0.3, -0.25) is 0 Å². The van der Waals surface area contributed by atoms with E-state index in [1.54, 1.807) is 6.07 Å². The highest BCUT2D eigenvalue weighted by Gasteiger charge is 2.29. The first-order chi connectivity index (χ1) is 19.9. The molecule has 3 aliphatic rings. The maximum atomic E-state index is 16.7. The summed E-state index contributed by atoms with van der Waals surface area (Å²) >= 11 is 8.24. The second kappa shape index (κ2) is 11.1. The molecule has 2 aromatic carbocycles. The van der Waals surface area contributed by atoms with Crippen LogP contribution in [0.4, 0.5) is 15.3 Å². The largest absolute Gasteiger partial charge is 0.462 e.